The van der Waals surface area contributed by atoms with Crippen LogP contribution in [0.4, 0.5) is 0 Å². The molecule has 1 aliphatic heterocycles. The Morgan fingerprint density at radius 3 is 2.46 bits per heavy atom. The number of rotatable bonds is 6. The average Bonchev–Trinajstić information content (AvgIpc) is 2.63. The van der Waals surface area contributed by atoms with Crippen molar-refractivity contribution in [1.82, 2.24) is 4.90 Å². The number of aliphatic hydroxyl groups excluding tert-OH is 2. The van der Waals surface area contributed by atoms with E-state index >= 15 is 0 Å². The molecule has 2 atom stereocenters. The number of benzene rings is 2. The molecule has 2 unspecified atom stereocenters. The number of ether oxygens (including phenoxy) is 1. The summed E-state index contributed by atoms with van der Waals surface area (Å²) in [7, 11) is 0. The highest BCUT2D eigenvalue weighted by atomic mass is 35.5. The Morgan fingerprint density at radius 2 is 1.81 bits per heavy atom. The first-order valence-corrected chi connectivity index (χ1v) is 9.47. The van der Waals surface area contributed by atoms with E-state index < -0.39 is 6.10 Å². The summed E-state index contributed by atoms with van der Waals surface area (Å²) in [4.78, 5) is 2.18. The number of likely N-dealkylation sites (tertiary alicyclic amines) is 1. The summed E-state index contributed by atoms with van der Waals surface area (Å²) in [6.07, 6.45) is 0.319. The lowest BCUT2D eigenvalue weighted by Gasteiger charge is -2.35. The van der Waals surface area contributed by atoms with E-state index in [9.17, 15) is 10.2 Å². The van der Waals surface area contributed by atoms with E-state index in [0.717, 1.165) is 24.1 Å². The van der Waals surface area contributed by atoms with Crippen LogP contribution < -0.4 is 4.74 Å². The van der Waals surface area contributed by atoms with Crippen LogP contribution in [0.5, 0.6) is 5.75 Å². The van der Waals surface area contributed by atoms with Gasteiger partial charge in [0.05, 0.1) is 11.1 Å². The smallest absolute Gasteiger partial charge is 0.138 e. The van der Waals surface area contributed by atoms with Crippen LogP contribution in [-0.4, -0.2) is 40.9 Å². The summed E-state index contributed by atoms with van der Waals surface area (Å²) in [6, 6.07) is 13.3. The first kappa shape index (κ1) is 19.5. The van der Waals surface area contributed by atoms with Crippen LogP contribution in [0.25, 0.3) is 0 Å². The molecule has 0 saturated carbocycles. The predicted molar refractivity (Wildman–Crippen MR) is 104 cm³/mol. The fourth-order valence-corrected chi connectivity index (χ4v) is 3.55. The molecule has 4 nitrogen and oxygen atoms in total. The molecule has 0 spiro atoms. The molecule has 0 amide bonds. The van der Waals surface area contributed by atoms with Gasteiger partial charge < -0.3 is 14.9 Å². The number of hydrogen-bond donors (Lipinski definition) is 2. The molecule has 2 N–H and O–H groups in total. The van der Waals surface area contributed by atoms with Gasteiger partial charge in [0.1, 0.15) is 12.4 Å². The van der Waals surface area contributed by atoms with Crippen LogP contribution >= 0.6 is 23.2 Å². The lowest BCUT2D eigenvalue weighted by molar-refractivity contribution is -0.00444. The summed E-state index contributed by atoms with van der Waals surface area (Å²) in [5.74, 6) is 0.628. The Hall–Kier alpha value is -1.30. The zero-order valence-corrected chi connectivity index (χ0v) is 16.0. The monoisotopic (exact) mass is 395 g/mol. The van der Waals surface area contributed by atoms with Crippen LogP contribution in [0.2, 0.25) is 10.0 Å². The van der Waals surface area contributed by atoms with E-state index in [1.165, 1.54) is 0 Å². The Balaban J connectivity index is 1.56. The summed E-state index contributed by atoms with van der Waals surface area (Å²) < 4.78 is 5.80. The third kappa shape index (κ3) is 5.12. The van der Waals surface area contributed by atoms with Crippen molar-refractivity contribution in [3.63, 3.8) is 0 Å². The molecule has 2 aromatic rings. The number of aliphatic hydroxyl groups is 2. The van der Waals surface area contributed by atoms with Gasteiger partial charge in [-0.05, 0) is 48.4 Å². The highest BCUT2D eigenvalue weighted by Crippen LogP contribution is 2.28. The summed E-state index contributed by atoms with van der Waals surface area (Å²) in [5, 5.41) is 20.6. The average molecular weight is 396 g/mol. The molecule has 1 heterocycles. The van der Waals surface area contributed by atoms with Gasteiger partial charge in [-0.2, -0.15) is 0 Å². The van der Waals surface area contributed by atoms with Crippen molar-refractivity contribution in [3.05, 3.63) is 63.6 Å². The molecular weight excluding hydrogens is 373 g/mol. The van der Waals surface area contributed by atoms with E-state index in [4.69, 9.17) is 27.9 Å². The molecular formula is C20H23Cl2NO3. The maximum Gasteiger partial charge on any atom is 0.138 e. The fraction of sp³-hybridized carbons (Fsp3) is 0.400. The van der Waals surface area contributed by atoms with Gasteiger partial charge in [0.25, 0.3) is 0 Å². The van der Waals surface area contributed by atoms with Crippen molar-refractivity contribution in [1.29, 1.82) is 0 Å². The van der Waals surface area contributed by atoms with E-state index in [1.807, 2.05) is 42.5 Å². The van der Waals surface area contributed by atoms with Crippen LogP contribution in [0, 0.1) is 5.92 Å². The van der Waals surface area contributed by atoms with Crippen molar-refractivity contribution in [2.75, 3.05) is 19.7 Å². The minimum absolute atomic E-state index is 0.0153. The van der Waals surface area contributed by atoms with Gasteiger partial charge in [-0.15, -0.1) is 0 Å². The number of β-amino-alcohol motifs (C(OH)–C–C–N with tert-alkyl or cyclic N) is 1. The molecule has 1 fully saturated rings. The summed E-state index contributed by atoms with van der Waals surface area (Å²) in [6.45, 7) is 2.61. The van der Waals surface area contributed by atoms with Crippen molar-refractivity contribution in [2.45, 2.75) is 25.7 Å². The minimum Gasteiger partial charge on any atom is -0.487 e. The Morgan fingerprint density at radius 1 is 1.08 bits per heavy atom. The molecule has 1 aliphatic rings. The van der Waals surface area contributed by atoms with Crippen molar-refractivity contribution in [3.8, 4) is 5.75 Å². The fourth-order valence-electron chi connectivity index (χ4n) is 3.16. The lowest BCUT2D eigenvalue weighted by atomic mass is 9.94. The molecule has 2 aromatic carbocycles. The Bertz CT molecular complexity index is 723. The Kier molecular flexibility index (Phi) is 6.79. The SMILES string of the molecule is OCC1CCN(Cc2ccc(OCc3ccc(Cl)cc3)c(Cl)c2)CC1O. The molecule has 0 aliphatic carbocycles. The van der Waals surface area contributed by atoms with E-state index in [-0.39, 0.29) is 12.5 Å². The second-order valence-electron chi connectivity index (χ2n) is 6.71. The second kappa shape index (κ2) is 9.07. The molecule has 26 heavy (non-hydrogen) atoms. The standard InChI is InChI=1S/C20H23Cl2NO3/c21-17-4-1-14(2-5-17)13-26-20-6-3-15(9-18(20)22)10-23-8-7-16(12-24)19(25)11-23/h1-6,9,16,19,24-25H,7-8,10-13H2. The van der Waals surface area contributed by atoms with Gasteiger partial charge in [-0.1, -0.05) is 41.4 Å². The maximum absolute atomic E-state index is 10.1. The minimum atomic E-state index is -0.480. The Labute approximate surface area is 163 Å². The molecule has 0 bridgehead atoms. The molecule has 140 valence electrons. The summed E-state index contributed by atoms with van der Waals surface area (Å²) in [5.41, 5.74) is 2.10. The topological polar surface area (TPSA) is 52.9 Å². The number of piperidine rings is 1. The van der Waals surface area contributed by atoms with Crippen molar-refractivity contribution < 1.29 is 14.9 Å². The number of nitrogens with zero attached hydrogens (tertiary/aromatic N) is 1. The number of hydrogen-bond acceptors (Lipinski definition) is 4. The molecule has 3 rings (SSSR count). The van der Waals surface area contributed by atoms with Gasteiger partial charge in [-0.25, -0.2) is 0 Å². The molecule has 6 heteroatoms. The van der Waals surface area contributed by atoms with E-state index in [1.54, 1.807) is 0 Å². The van der Waals surface area contributed by atoms with Crippen LogP contribution in [0.15, 0.2) is 42.5 Å². The third-order valence-electron chi connectivity index (χ3n) is 4.75. The molecule has 0 radical (unpaired) electrons. The maximum atomic E-state index is 10.1. The van der Waals surface area contributed by atoms with Crippen LogP contribution in [0.3, 0.4) is 0 Å². The second-order valence-corrected chi connectivity index (χ2v) is 7.56. The zero-order valence-electron chi connectivity index (χ0n) is 14.4. The highest BCUT2D eigenvalue weighted by Gasteiger charge is 2.26. The lowest BCUT2D eigenvalue weighted by Crippen LogP contribution is -2.44. The van der Waals surface area contributed by atoms with Gasteiger partial charge >= 0.3 is 0 Å². The third-order valence-corrected chi connectivity index (χ3v) is 5.30. The van der Waals surface area contributed by atoms with Gasteiger partial charge in [0.15, 0.2) is 0 Å². The van der Waals surface area contributed by atoms with Crippen LogP contribution in [0.1, 0.15) is 17.5 Å². The highest BCUT2D eigenvalue weighted by molar-refractivity contribution is 6.32. The van der Waals surface area contributed by atoms with Crippen molar-refractivity contribution >= 4 is 23.2 Å². The van der Waals surface area contributed by atoms with Crippen molar-refractivity contribution in [2.24, 2.45) is 5.92 Å². The van der Waals surface area contributed by atoms with Gasteiger partial charge in [-0.3, -0.25) is 4.90 Å². The first-order valence-electron chi connectivity index (χ1n) is 8.72. The van der Waals surface area contributed by atoms with E-state index in [2.05, 4.69) is 4.90 Å². The molecule has 1 saturated heterocycles. The largest absolute Gasteiger partial charge is 0.487 e. The summed E-state index contributed by atoms with van der Waals surface area (Å²) >= 11 is 12.2. The van der Waals surface area contributed by atoms with Crippen LogP contribution in [-0.2, 0) is 13.2 Å². The normalized spacial score (nSPS) is 20.9. The van der Waals surface area contributed by atoms with Gasteiger partial charge in [0.2, 0.25) is 0 Å². The van der Waals surface area contributed by atoms with E-state index in [0.29, 0.717) is 35.5 Å². The quantitative estimate of drug-likeness (QED) is 0.781. The number of halogens is 2. The van der Waals surface area contributed by atoms with Gasteiger partial charge in [0, 0.05) is 30.6 Å². The molecule has 0 aromatic heterocycles. The first-order chi connectivity index (χ1) is 12.5. The zero-order chi connectivity index (χ0) is 18.5. The predicted octanol–water partition coefficient (Wildman–Crippen LogP) is 3.75.